The van der Waals surface area contributed by atoms with Crippen LogP contribution in [0.5, 0.6) is 17.2 Å². The number of benzene rings is 3. The zero-order valence-corrected chi connectivity index (χ0v) is 15.1. The normalized spacial score (nSPS) is 11.0. The quantitative estimate of drug-likeness (QED) is 0.609. The Kier molecular flexibility index (Phi) is 5.17. The van der Waals surface area contributed by atoms with E-state index >= 15 is 0 Å². The third-order valence-corrected chi connectivity index (χ3v) is 4.77. The van der Waals surface area contributed by atoms with Gasteiger partial charge < -0.3 is 15.3 Å². The second-order valence-corrected chi connectivity index (χ2v) is 6.96. The van der Waals surface area contributed by atoms with Gasteiger partial charge in [0.2, 0.25) is 0 Å². The number of rotatable bonds is 5. The number of aromatic hydroxyl groups is 3. The van der Waals surface area contributed by atoms with E-state index in [9.17, 15) is 15.3 Å². The molecule has 0 unspecified atom stereocenters. The first-order chi connectivity index (χ1) is 12.4. The summed E-state index contributed by atoms with van der Waals surface area (Å²) in [6.07, 6.45) is 1.29. The van der Waals surface area contributed by atoms with Crippen molar-refractivity contribution in [3.05, 3.63) is 88.5 Å². The molecule has 0 aromatic heterocycles. The summed E-state index contributed by atoms with van der Waals surface area (Å²) in [4.78, 5) is 0. The molecule has 3 aromatic carbocycles. The van der Waals surface area contributed by atoms with Gasteiger partial charge in [0.05, 0.1) is 0 Å². The molecule has 3 rings (SSSR count). The lowest BCUT2D eigenvalue weighted by atomic mass is 9.85. The average molecular weight is 348 g/mol. The average Bonchev–Trinajstić information content (AvgIpc) is 2.61. The molecule has 0 atom stereocenters. The zero-order valence-electron chi connectivity index (χ0n) is 15.1. The number of phenols is 3. The Morgan fingerprint density at radius 2 is 1.12 bits per heavy atom. The van der Waals surface area contributed by atoms with E-state index in [1.807, 2.05) is 50.2 Å². The first-order valence-corrected chi connectivity index (χ1v) is 8.78. The molecule has 0 radical (unpaired) electrons. The maximum atomic E-state index is 10.3. The standard InChI is InChI=1S/C23H24O3/c1-15-3-9-22(25)19(11-15)13-18(17-5-7-21(24)8-6-17)14-20-12-16(2)4-10-23(20)26/h3-12,18,24-26H,13-14H2,1-2H3. The molecular formula is C23H24O3. The number of aryl methyl sites for hydroxylation is 2. The van der Waals surface area contributed by atoms with Gasteiger partial charge in [0.1, 0.15) is 17.2 Å². The Labute approximate surface area is 154 Å². The molecule has 3 N–H and O–H groups in total. The molecule has 3 heteroatoms. The highest BCUT2D eigenvalue weighted by Crippen LogP contribution is 2.32. The van der Waals surface area contributed by atoms with Crippen molar-refractivity contribution in [3.8, 4) is 17.2 Å². The maximum Gasteiger partial charge on any atom is 0.118 e. The van der Waals surface area contributed by atoms with E-state index in [2.05, 4.69) is 0 Å². The van der Waals surface area contributed by atoms with E-state index in [1.165, 1.54) is 0 Å². The van der Waals surface area contributed by atoms with Crippen LogP contribution >= 0.6 is 0 Å². The highest BCUT2D eigenvalue weighted by molar-refractivity contribution is 5.41. The Balaban J connectivity index is 1.97. The first kappa shape index (κ1) is 17.9. The molecule has 0 fully saturated rings. The predicted molar refractivity (Wildman–Crippen MR) is 104 cm³/mol. The molecule has 0 aliphatic carbocycles. The molecule has 0 bridgehead atoms. The topological polar surface area (TPSA) is 60.7 Å². The first-order valence-electron chi connectivity index (χ1n) is 8.78. The monoisotopic (exact) mass is 348 g/mol. The summed E-state index contributed by atoms with van der Waals surface area (Å²) in [5.74, 6) is 0.862. The van der Waals surface area contributed by atoms with Crippen molar-refractivity contribution in [1.29, 1.82) is 0 Å². The van der Waals surface area contributed by atoms with Crippen molar-refractivity contribution in [3.63, 3.8) is 0 Å². The Morgan fingerprint density at radius 1 is 0.654 bits per heavy atom. The van der Waals surface area contributed by atoms with Crippen molar-refractivity contribution in [2.45, 2.75) is 32.6 Å². The van der Waals surface area contributed by atoms with Crippen molar-refractivity contribution in [2.24, 2.45) is 0 Å². The fourth-order valence-corrected chi connectivity index (χ4v) is 3.34. The maximum absolute atomic E-state index is 10.3. The molecule has 0 aliphatic heterocycles. The Morgan fingerprint density at radius 3 is 1.58 bits per heavy atom. The summed E-state index contributed by atoms with van der Waals surface area (Å²) in [5.41, 5.74) is 5.02. The third-order valence-electron chi connectivity index (χ3n) is 4.77. The van der Waals surface area contributed by atoms with Gasteiger partial charge in [0.15, 0.2) is 0 Å². The fraction of sp³-hybridized carbons (Fsp3) is 0.217. The van der Waals surface area contributed by atoms with Crippen LogP contribution in [0.15, 0.2) is 60.7 Å². The van der Waals surface area contributed by atoms with Gasteiger partial charge >= 0.3 is 0 Å². The highest BCUT2D eigenvalue weighted by atomic mass is 16.3. The second kappa shape index (κ2) is 7.52. The van der Waals surface area contributed by atoms with E-state index in [4.69, 9.17) is 0 Å². The largest absolute Gasteiger partial charge is 0.508 e. The van der Waals surface area contributed by atoms with Crippen LogP contribution in [0.1, 0.15) is 33.7 Å². The molecule has 0 saturated heterocycles. The molecule has 26 heavy (non-hydrogen) atoms. The highest BCUT2D eigenvalue weighted by Gasteiger charge is 2.17. The van der Waals surface area contributed by atoms with Crippen LogP contribution in [0.25, 0.3) is 0 Å². The molecule has 0 heterocycles. The molecule has 0 saturated carbocycles. The van der Waals surface area contributed by atoms with Crippen LogP contribution in [0.3, 0.4) is 0 Å². The Bertz CT molecular complexity index is 844. The van der Waals surface area contributed by atoms with Gasteiger partial charge in [-0.2, -0.15) is 0 Å². The van der Waals surface area contributed by atoms with Crippen molar-refractivity contribution < 1.29 is 15.3 Å². The minimum atomic E-state index is 0.0657. The van der Waals surface area contributed by atoms with E-state index < -0.39 is 0 Å². The van der Waals surface area contributed by atoms with Gasteiger partial charge in [0.25, 0.3) is 0 Å². The van der Waals surface area contributed by atoms with Crippen LogP contribution < -0.4 is 0 Å². The van der Waals surface area contributed by atoms with Gasteiger partial charge in [-0.15, -0.1) is 0 Å². The molecule has 3 nitrogen and oxygen atoms in total. The molecule has 134 valence electrons. The number of hydrogen-bond donors (Lipinski definition) is 3. The molecular weight excluding hydrogens is 324 g/mol. The smallest absolute Gasteiger partial charge is 0.118 e. The van der Waals surface area contributed by atoms with Gasteiger partial charge in [-0.05, 0) is 73.6 Å². The molecule has 0 spiro atoms. The predicted octanol–water partition coefficient (Wildman–Crippen LogP) is 4.99. The lowest BCUT2D eigenvalue weighted by Gasteiger charge is -2.20. The van der Waals surface area contributed by atoms with E-state index in [0.717, 1.165) is 27.8 Å². The van der Waals surface area contributed by atoms with Crippen LogP contribution in [-0.2, 0) is 12.8 Å². The van der Waals surface area contributed by atoms with E-state index in [-0.39, 0.29) is 23.2 Å². The third kappa shape index (κ3) is 4.17. The van der Waals surface area contributed by atoms with Crippen molar-refractivity contribution >= 4 is 0 Å². The van der Waals surface area contributed by atoms with Crippen LogP contribution in [0.2, 0.25) is 0 Å². The summed E-state index contributed by atoms with van der Waals surface area (Å²) >= 11 is 0. The summed E-state index contributed by atoms with van der Waals surface area (Å²) in [7, 11) is 0. The number of phenolic OH excluding ortho intramolecular Hbond substituents is 3. The summed E-state index contributed by atoms with van der Waals surface area (Å²) < 4.78 is 0. The van der Waals surface area contributed by atoms with Crippen LogP contribution in [-0.4, -0.2) is 15.3 Å². The minimum absolute atomic E-state index is 0.0657. The van der Waals surface area contributed by atoms with Gasteiger partial charge in [-0.3, -0.25) is 0 Å². The van der Waals surface area contributed by atoms with Crippen LogP contribution in [0, 0.1) is 13.8 Å². The Hall–Kier alpha value is -2.94. The summed E-state index contributed by atoms with van der Waals surface area (Å²) in [6, 6.07) is 18.4. The fourth-order valence-electron chi connectivity index (χ4n) is 3.34. The second-order valence-electron chi connectivity index (χ2n) is 6.96. The molecule has 0 aliphatic rings. The van der Waals surface area contributed by atoms with Gasteiger partial charge in [-0.25, -0.2) is 0 Å². The molecule has 0 amide bonds. The zero-order chi connectivity index (χ0) is 18.7. The van der Waals surface area contributed by atoms with E-state index in [0.29, 0.717) is 12.8 Å². The van der Waals surface area contributed by atoms with Gasteiger partial charge in [-0.1, -0.05) is 47.5 Å². The minimum Gasteiger partial charge on any atom is -0.508 e. The van der Waals surface area contributed by atoms with Crippen molar-refractivity contribution in [1.82, 2.24) is 0 Å². The molecule has 3 aromatic rings. The van der Waals surface area contributed by atoms with Crippen molar-refractivity contribution in [2.75, 3.05) is 0 Å². The SMILES string of the molecule is Cc1ccc(O)c(CC(Cc2cc(C)ccc2O)c2ccc(O)cc2)c1. The number of hydrogen-bond acceptors (Lipinski definition) is 3. The summed E-state index contributed by atoms with van der Waals surface area (Å²) in [6.45, 7) is 4.01. The summed E-state index contributed by atoms with van der Waals surface area (Å²) in [5, 5.41) is 30.1. The lowest BCUT2D eigenvalue weighted by Crippen LogP contribution is -2.08. The van der Waals surface area contributed by atoms with Crippen LogP contribution in [0.4, 0.5) is 0 Å². The van der Waals surface area contributed by atoms with Gasteiger partial charge in [0, 0.05) is 0 Å². The van der Waals surface area contributed by atoms with E-state index in [1.54, 1.807) is 24.3 Å². The lowest BCUT2D eigenvalue weighted by molar-refractivity contribution is 0.458.